The molecule has 0 atom stereocenters. The number of carbonyl (C=O) groups is 3. The number of hydrogen-bond acceptors (Lipinski definition) is 6. The molecule has 0 radical (unpaired) electrons. The summed E-state index contributed by atoms with van der Waals surface area (Å²) >= 11 is 1.13. The van der Waals surface area contributed by atoms with Gasteiger partial charge in [-0.25, -0.2) is 0 Å². The summed E-state index contributed by atoms with van der Waals surface area (Å²) in [7, 11) is 0. The smallest absolute Gasteiger partial charge is 0.262 e. The molecule has 7 heteroatoms. The number of carboxylic acids is 1. The first kappa shape index (κ1) is 16.1. The molecule has 1 heterocycles. The largest absolute Gasteiger partial charge is 0.545 e. The summed E-state index contributed by atoms with van der Waals surface area (Å²) in [6, 6.07) is 11.2. The Balaban J connectivity index is 1.73. The van der Waals surface area contributed by atoms with Gasteiger partial charge in [-0.3, -0.25) is 9.59 Å². The Bertz CT molecular complexity index is 833. The van der Waals surface area contributed by atoms with Crippen molar-refractivity contribution in [3.8, 4) is 5.75 Å². The SMILES string of the molecule is O=C1COc2ccc(C(=O)CSc3ccccc3C(=O)[O-])cc2N1. The molecular weight excluding hydrogens is 330 g/mol. The number of rotatable bonds is 5. The zero-order valence-corrected chi connectivity index (χ0v) is 13.2. The standard InChI is InChI=1S/C17H13NO5S/c19-13(9-24-15-4-2-1-3-11(15)17(21)22)10-5-6-14-12(7-10)18-16(20)8-23-14/h1-7H,8-9H2,(H,18,20)(H,21,22)/p-1. The van der Waals surface area contributed by atoms with Crippen LogP contribution in [0.2, 0.25) is 0 Å². The highest BCUT2D eigenvalue weighted by Crippen LogP contribution is 2.29. The second-order valence-corrected chi connectivity index (χ2v) is 6.06. The molecule has 2 aromatic rings. The fourth-order valence-corrected chi connectivity index (χ4v) is 3.18. The van der Waals surface area contributed by atoms with Gasteiger partial charge in [0.1, 0.15) is 5.75 Å². The average Bonchev–Trinajstić information content (AvgIpc) is 2.59. The Morgan fingerprint density at radius 1 is 1.21 bits per heavy atom. The van der Waals surface area contributed by atoms with Crippen molar-refractivity contribution in [1.29, 1.82) is 0 Å². The first-order chi connectivity index (χ1) is 11.5. The zero-order valence-electron chi connectivity index (χ0n) is 12.4. The van der Waals surface area contributed by atoms with Crippen molar-refractivity contribution in [2.24, 2.45) is 0 Å². The lowest BCUT2D eigenvalue weighted by atomic mass is 10.1. The maximum absolute atomic E-state index is 12.3. The van der Waals surface area contributed by atoms with Gasteiger partial charge in [0, 0.05) is 16.0 Å². The summed E-state index contributed by atoms with van der Waals surface area (Å²) in [5.74, 6) is -1.15. The van der Waals surface area contributed by atoms with E-state index in [4.69, 9.17) is 4.74 Å². The van der Waals surface area contributed by atoms with E-state index < -0.39 is 5.97 Å². The van der Waals surface area contributed by atoms with Gasteiger partial charge in [-0.2, -0.15) is 0 Å². The Kier molecular flexibility index (Phi) is 4.52. The average molecular weight is 342 g/mol. The van der Waals surface area contributed by atoms with Crippen molar-refractivity contribution in [1.82, 2.24) is 0 Å². The first-order valence-electron chi connectivity index (χ1n) is 7.07. The van der Waals surface area contributed by atoms with Gasteiger partial charge in [-0.15, -0.1) is 11.8 Å². The maximum Gasteiger partial charge on any atom is 0.262 e. The van der Waals surface area contributed by atoms with Gasteiger partial charge < -0.3 is 20.0 Å². The lowest BCUT2D eigenvalue weighted by Crippen LogP contribution is -2.25. The van der Waals surface area contributed by atoms with Crippen LogP contribution in [-0.4, -0.2) is 30.0 Å². The second-order valence-electron chi connectivity index (χ2n) is 5.04. The summed E-state index contributed by atoms with van der Waals surface area (Å²) in [6.07, 6.45) is 0. The van der Waals surface area contributed by atoms with Crippen molar-refractivity contribution in [2.75, 3.05) is 17.7 Å². The number of aromatic carboxylic acids is 1. The van der Waals surface area contributed by atoms with Gasteiger partial charge in [0.2, 0.25) is 0 Å². The van der Waals surface area contributed by atoms with Crippen LogP contribution < -0.4 is 15.2 Å². The molecule has 6 nitrogen and oxygen atoms in total. The minimum absolute atomic E-state index is 0.0455. The number of ketones is 1. The number of benzene rings is 2. The topological polar surface area (TPSA) is 95.5 Å². The molecule has 1 amide bonds. The van der Waals surface area contributed by atoms with E-state index >= 15 is 0 Å². The molecule has 1 N–H and O–H groups in total. The number of Topliss-reactive ketones (excluding diaryl/α,β-unsaturated/α-hetero) is 1. The minimum Gasteiger partial charge on any atom is -0.545 e. The van der Waals surface area contributed by atoms with Crippen LogP contribution in [0.15, 0.2) is 47.4 Å². The van der Waals surface area contributed by atoms with Gasteiger partial charge in [0.25, 0.3) is 5.91 Å². The van der Waals surface area contributed by atoms with Gasteiger partial charge in [0.05, 0.1) is 17.4 Å². The van der Waals surface area contributed by atoms with E-state index in [9.17, 15) is 19.5 Å². The Labute approximate surface area is 141 Å². The number of ether oxygens (including phenoxy) is 1. The molecule has 0 bridgehead atoms. The fraction of sp³-hybridized carbons (Fsp3) is 0.118. The fourth-order valence-electron chi connectivity index (χ4n) is 2.24. The number of anilines is 1. The molecule has 1 aliphatic rings. The molecule has 0 saturated heterocycles. The lowest BCUT2D eigenvalue weighted by Gasteiger charge is -2.18. The van der Waals surface area contributed by atoms with Crippen LogP contribution in [0, 0.1) is 0 Å². The molecular formula is C17H12NO5S-. The normalized spacial score (nSPS) is 12.8. The van der Waals surface area contributed by atoms with E-state index in [0.29, 0.717) is 21.9 Å². The van der Waals surface area contributed by atoms with E-state index in [1.807, 2.05) is 0 Å². The van der Waals surface area contributed by atoms with Crippen molar-refractivity contribution >= 4 is 35.1 Å². The number of hydrogen-bond donors (Lipinski definition) is 1. The predicted molar refractivity (Wildman–Crippen MR) is 86.4 cm³/mol. The highest BCUT2D eigenvalue weighted by atomic mass is 32.2. The van der Waals surface area contributed by atoms with Gasteiger partial charge >= 0.3 is 0 Å². The molecule has 0 fully saturated rings. The maximum atomic E-state index is 12.3. The number of nitrogens with one attached hydrogen (secondary N) is 1. The van der Waals surface area contributed by atoms with Crippen LogP contribution in [-0.2, 0) is 4.79 Å². The summed E-state index contributed by atoms with van der Waals surface area (Å²) in [5.41, 5.74) is 0.927. The third-order valence-electron chi connectivity index (χ3n) is 3.40. The minimum atomic E-state index is -1.28. The number of amides is 1. The van der Waals surface area contributed by atoms with Crippen molar-refractivity contribution in [3.63, 3.8) is 0 Å². The van der Waals surface area contributed by atoms with Gasteiger partial charge in [0.15, 0.2) is 12.4 Å². The highest BCUT2D eigenvalue weighted by Gasteiger charge is 2.18. The van der Waals surface area contributed by atoms with Gasteiger partial charge in [-0.1, -0.05) is 18.2 Å². The second kappa shape index (κ2) is 6.76. The molecule has 0 spiro atoms. The molecule has 0 aromatic heterocycles. The lowest BCUT2D eigenvalue weighted by molar-refractivity contribution is -0.255. The molecule has 122 valence electrons. The van der Waals surface area contributed by atoms with Crippen LogP contribution >= 0.6 is 11.8 Å². The quantitative estimate of drug-likeness (QED) is 0.651. The summed E-state index contributed by atoms with van der Waals surface area (Å²) in [5, 5.41) is 13.7. The molecule has 24 heavy (non-hydrogen) atoms. The molecule has 0 aliphatic carbocycles. The molecule has 0 saturated carbocycles. The van der Waals surface area contributed by atoms with Gasteiger partial charge in [-0.05, 0) is 24.3 Å². The van der Waals surface area contributed by atoms with Crippen molar-refractivity contribution in [2.45, 2.75) is 4.90 Å². The molecule has 1 aliphatic heterocycles. The highest BCUT2D eigenvalue weighted by molar-refractivity contribution is 8.00. The van der Waals surface area contributed by atoms with Crippen molar-refractivity contribution < 1.29 is 24.2 Å². The predicted octanol–water partition coefficient (Wildman–Crippen LogP) is 1.36. The van der Waals surface area contributed by atoms with Crippen LogP contribution in [0.25, 0.3) is 0 Å². The summed E-state index contributed by atoms with van der Waals surface area (Å²) in [6.45, 7) is -0.0455. The Morgan fingerprint density at radius 3 is 2.79 bits per heavy atom. The van der Waals surface area contributed by atoms with E-state index in [-0.39, 0.29) is 29.6 Å². The molecule has 0 unspecified atom stereocenters. The zero-order chi connectivity index (χ0) is 17.1. The van der Waals surface area contributed by atoms with E-state index in [2.05, 4.69) is 5.32 Å². The molecule has 3 rings (SSSR count). The number of carboxylic acid groups (broad SMARTS) is 1. The van der Waals surface area contributed by atoms with E-state index in [1.54, 1.807) is 36.4 Å². The number of carbonyl (C=O) groups excluding carboxylic acids is 3. The monoisotopic (exact) mass is 342 g/mol. The Morgan fingerprint density at radius 2 is 2.00 bits per heavy atom. The van der Waals surface area contributed by atoms with Crippen LogP contribution in [0.1, 0.15) is 20.7 Å². The van der Waals surface area contributed by atoms with E-state index in [0.717, 1.165) is 11.8 Å². The van der Waals surface area contributed by atoms with Crippen LogP contribution in [0.3, 0.4) is 0 Å². The third-order valence-corrected chi connectivity index (χ3v) is 4.47. The van der Waals surface area contributed by atoms with Crippen LogP contribution in [0.5, 0.6) is 5.75 Å². The number of fused-ring (bicyclic) bond motifs is 1. The molecule has 2 aromatic carbocycles. The van der Waals surface area contributed by atoms with Crippen LogP contribution in [0.4, 0.5) is 5.69 Å². The first-order valence-corrected chi connectivity index (χ1v) is 8.06. The summed E-state index contributed by atoms with van der Waals surface area (Å²) in [4.78, 5) is 35.2. The Hall–Kier alpha value is -2.80. The van der Waals surface area contributed by atoms with Crippen molar-refractivity contribution in [3.05, 3.63) is 53.6 Å². The summed E-state index contributed by atoms with van der Waals surface area (Å²) < 4.78 is 5.24. The number of thioether (sulfide) groups is 1. The third kappa shape index (κ3) is 3.41. The van der Waals surface area contributed by atoms with E-state index in [1.165, 1.54) is 6.07 Å².